The fourth-order valence-corrected chi connectivity index (χ4v) is 2.62. The first kappa shape index (κ1) is 19.2. The molecule has 0 saturated heterocycles. The summed E-state index contributed by atoms with van der Waals surface area (Å²) in [6.45, 7) is 0.701. The van der Waals surface area contributed by atoms with Crippen LogP contribution in [0.3, 0.4) is 0 Å². The third-order valence-electron chi connectivity index (χ3n) is 4.05. The molecule has 0 unspecified atom stereocenters. The molecule has 0 spiro atoms. The van der Waals surface area contributed by atoms with E-state index in [1.54, 1.807) is 0 Å². The SMILES string of the molecule is COCCn1c(NC(=O)c2ccoc2)c(NCc2ccccc2)c(=O)[nH]c1=O. The molecule has 0 radical (unpaired) electrons. The minimum Gasteiger partial charge on any atom is -0.472 e. The number of nitrogens with one attached hydrogen (secondary N) is 3. The summed E-state index contributed by atoms with van der Waals surface area (Å²) in [7, 11) is 1.50. The molecule has 0 atom stereocenters. The Hall–Kier alpha value is -3.59. The van der Waals surface area contributed by atoms with Crippen LogP contribution in [-0.2, 0) is 17.8 Å². The van der Waals surface area contributed by atoms with E-state index < -0.39 is 17.2 Å². The van der Waals surface area contributed by atoms with Gasteiger partial charge in [-0.15, -0.1) is 0 Å². The molecule has 0 aliphatic rings. The van der Waals surface area contributed by atoms with Crippen LogP contribution in [0.15, 0.2) is 62.9 Å². The predicted octanol–water partition coefficient (Wildman–Crippen LogP) is 1.64. The van der Waals surface area contributed by atoms with Crippen LogP contribution in [0.2, 0.25) is 0 Å². The van der Waals surface area contributed by atoms with Crippen LogP contribution in [0.1, 0.15) is 15.9 Å². The van der Waals surface area contributed by atoms with E-state index in [0.717, 1.165) is 5.56 Å². The van der Waals surface area contributed by atoms with Crippen molar-refractivity contribution >= 4 is 17.4 Å². The predicted molar refractivity (Wildman–Crippen MR) is 104 cm³/mol. The molecule has 9 nitrogen and oxygen atoms in total. The molecular formula is C19H20N4O5. The number of amides is 1. The highest BCUT2D eigenvalue weighted by Gasteiger charge is 2.18. The van der Waals surface area contributed by atoms with E-state index in [1.165, 1.54) is 30.3 Å². The van der Waals surface area contributed by atoms with Gasteiger partial charge in [-0.3, -0.25) is 19.1 Å². The van der Waals surface area contributed by atoms with Crippen molar-refractivity contribution in [3.63, 3.8) is 0 Å². The second-order valence-corrected chi connectivity index (χ2v) is 5.93. The Kier molecular flexibility index (Phi) is 6.07. The lowest BCUT2D eigenvalue weighted by atomic mass is 10.2. The van der Waals surface area contributed by atoms with Crippen LogP contribution in [-0.4, -0.2) is 29.2 Å². The molecule has 1 aromatic carbocycles. The fourth-order valence-electron chi connectivity index (χ4n) is 2.62. The molecule has 3 N–H and O–H groups in total. The number of aromatic amines is 1. The van der Waals surface area contributed by atoms with E-state index in [-0.39, 0.29) is 30.2 Å². The van der Waals surface area contributed by atoms with Crippen LogP contribution in [0.5, 0.6) is 0 Å². The number of ether oxygens (including phenoxy) is 1. The summed E-state index contributed by atoms with van der Waals surface area (Å²) in [5.74, 6) is -0.444. The number of carbonyl (C=O) groups excluding carboxylic acids is 1. The summed E-state index contributed by atoms with van der Waals surface area (Å²) in [6, 6.07) is 10.9. The standard InChI is InChI=1S/C19H20N4O5/c1-27-10-8-23-16(21-17(24)14-7-9-28-12-14)15(18(25)22-19(23)26)20-11-13-5-3-2-4-6-13/h2-7,9,12,20H,8,10-11H2,1H3,(H,21,24)(H,22,25,26). The van der Waals surface area contributed by atoms with Gasteiger partial charge >= 0.3 is 5.69 Å². The van der Waals surface area contributed by atoms with Gasteiger partial charge in [-0.25, -0.2) is 4.79 Å². The van der Waals surface area contributed by atoms with Crippen LogP contribution in [0.4, 0.5) is 11.5 Å². The van der Waals surface area contributed by atoms with Crippen molar-refractivity contribution in [1.82, 2.24) is 9.55 Å². The number of benzene rings is 1. The zero-order valence-electron chi connectivity index (χ0n) is 15.2. The van der Waals surface area contributed by atoms with Gasteiger partial charge in [0.05, 0.1) is 25.0 Å². The number of hydrogen-bond donors (Lipinski definition) is 3. The Morgan fingerprint density at radius 1 is 1.21 bits per heavy atom. The first-order valence-electron chi connectivity index (χ1n) is 8.57. The number of hydrogen-bond acceptors (Lipinski definition) is 6. The summed E-state index contributed by atoms with van der Waals surface area (Å²) in [5.41, 5.74) is 0.00646. The molecule has 0 bridgehead atoms. The Morgan fingerprint density at radius 2 is 2.00 bits per heavy atom. The van der Waals surface area contributed by atoms with Crippen LogP contribution in [0, 0.1) is 0 Å². The topological polar surface area (TPSA) is 118 Å². The average molecular weight is 384 g/mol. The summed E-state index contributed by atoms with van der Waals surface area (Å²) in [6.07, 6.45) is 2.64. The number of rotatable bonds is 8. The van der Waals surface area contributed by atoms with Gasteiger partial charge in [-0.1, -0.05) is 30.3 Å². The van der Waals surface area contributed by atoms with Gasteiger partial charge in [0, 0.05) is 13.7 Å². The van der Waals surface area contributed by atoms with Gasteiger partial charge in [0.25, 0.3) is 11.5 Å². The second kappa shape index (κ2) is 8.87. The third kappa shape index (κ3) is 4.38. The van der Waals surface area contributed by atoms with Gasteiger partial charge in [0.1, 0.15) is 17.8 Å². The van der Waals surface area contributed by atoms with Crippen LogP contribution < -0.4 is 21.9 Å². The minimum absolute atomic E-state index is 0.0629. The minimum atomic E-state index is -0.644. The summed E-state index contributed by atoms with van der Waals surface area (Å²) in [4.78, 5) is 39.5. The number of furan rings is 1. The molecule has 146 valence electrons. The lowest BCUT2D eigenvalue weighted by Gasteiger charge is -2.17. The maximum absolute atomic E-state index is 12.5. The normalized spacial score (nSPS) is 10.6. The fraction of sp³-hybridized carbons (Fsp3) is 0.211. The Labute approximate surface area is 160 Å². The number of nitrogens with zero attached hydrogens (tertiary/aromatic N) is 1. The Bertz CT molecular complexity index is 1040. The molecular weight excluding hydrogens is 364 g/mol. The molecule has 0 aliphatic carbocycles. The molecule has 28 heavy (non-hydrogen) atoms. The van der Waals surface area contributed by atoms with Gasteiger partial charge in [0.15, 0.2) is 0 Å². The quantitative estimate of drug-likeness (QED) is 0.543. The first-order chi connectivity index (χ1) is 13.6. The average Bonchev–Trinajstić information content (AvgIpc) is 3.23. The van der Waals surface area contributed by atoms with Crippen molar-refractivity contribution in [2.24, 2.45) is 0 Å². The van der Waals surface area contributed by atoms with Crippen molar-refractivity contribution in [2.45, 2.75) is 13.1 Å². The van der Waals surface area contributed by atoms with Gasteiger partial charge in [-0.05, 0) is 11.6 Å². The van der Waals surface area contributed by atoms with E-state index in [1.807, 2.05) is 30.3 Å². The van der Waals surface area contributed by atoms with Crippen LogP contribution >= 0.6 is 0 Å². The zero-order chi connectivity index (χ0) is 19.9. The van der Waals surface area contributed by atoms with E-state index >= 15 is 0 Å². The van der Waals surface area contributed by atoms with E-state index in [4.69, 9.17) is 9.15 Å². The van der Waals surface area contributed by atoms with Gasteiger partial charge in [0.2, 0.25) is 0 Å². The first-order valence-corrected chi connectivity index (χ1v) is 8.57. The molecule has 0 aliphatic heterocycles. The lowest BCUT2D eigenvalue weighted by Crippen LogP contribution is -2.36. The van der Waals surface area contributed by atoms with Crippen LogP contribution in [0.25, 0.3) is 0 Å². The Balaban J connectivity index is 1.99. The maximum atomic E-state index is 12.5. The number of carbonyl (C=O) groups is 1. The smallest absolute Gasteiger partial charge is 0.330 e. The Morgan fingerprint density at radius 3 is 2.68 bits per heavy atom. The maximum Gasteiger partial charge on any atom is 0.330 e. The molecule has 1 amide bonds. The van der Waals surface area contributed by atoms with E-state index in [2.05, 4.69) is 15.6 Å². The largest absolute Gasteiger partial charge is 0.472 e. The van der Waals surface area contributed by atoms with Crippen molar-refractivity contribution in [2.75, 3.05) is 24.4 Å². The third-order valence-corrected chi connectivity index (χ3v) is 4.05. The summed E-state index contributed by atoms with van der Waals surface area (Å²) >= 11 is 0. The molecule has 9 heteroatoms. The molecule has 0 fully saturated rings. The van der Waals surface area contributed by atoms with Crippen molar-refractivity contribution < 1.29 is 13.9 Å². The highest BCUT2D eigenvalue weighted by Crippen LogP contribution is 2.18. The summed E-state index contributed by atoms with van der Waals surface area (Å²) < 4.78 is 11.2. The number of anilines is 2. The highest BCUT2D eigenvalue weighted by molar-refractivity contribution is 6.04. The zero-order valence-corrected chi connectivity index (χ0v) is 15.2. The monoisotopic (exact) mass is 384 g/mol. The van der Waals surface area contributed by atoms with Crippen molar-refractivity contribution in [1.29, 1.82) is 0 Å². The van der Waals surface area contributed by atoms with E-state index in [0.29, 0.717) is 6.54 Å². The molecule has 0 saturated carbocycles. The number of aromatic nitrogens is 2. The van der Waals surface area contributed by atoms with Crippen molar-refractivity contribution in [3.8, 4) is 0 Å². The molecule has 3 aromatic rings. The van der Waals surface area contributed by atoms with Gasteiger partial charge in [-0.2, -0.15) is 0 Å². The molecule has 2 aromatic heterocycles. The van der Waals surface area contributed by atoms with Crippen molar-refractivity contribution in [3.05, 3.63) is 80.9 Å². The highest BCUT2D eigenvalue weighted by atomic mass is 16.5. The number of methoxy groups -OCH3 is 1. The van der Waals surface area contributed by atoms with Gasteiger partial charge < -0.3 is 19.8 Å². The second-order valence-electron chi connectivity index (χ2n) is 5.93. The molecule has 3 rings (SSSR count). The summed E-state index contributed by atoms with van der Waals surface area (Å²) in [5, 5.41) is 5.64. The number of H-pyrrole nitrogens is 1. The lowest BCUT2D eigenvalue weighted by molar-refractivity contribution is 0.102. The molecule has 2 heterocycles. The van der Waals surface area contributed by atoms with E-state index in [9.17, 15) is 14.4 Å².